The summed E-state index contributed by atoms with van der Waals surface area (Å²) in [5.74, 6) is 0.0545. The van der Waals surface area contributed by atoms with Crippen LogP contribution in [-0.2, 0) is 24.7 Å². The Morgan fingerprint density at radius 3 is 2.80 bits per heavy atom. The molecule has 0 spiro atoms. The van der Waals surface area contributed by atoms with Gasteiger partial charge in [0.25, 0.3) is 5.91 Å². The van der Waals surface area contributed by atoms with E-state index in [1.807, 2.05) is 25.2 Å². The van der Waals surface area contributed by atoms with Gasteiger partial charge in [-0.1, -0.05) is 35.5 Å². The minimum Gasteiger partial charge on any atom is -0.365 e. The SMILES string of the molecule is Cn1c(SCC(=O)Nc2sc3c(c2C(N)=O)CCCC3)nnc1-c1ccccc1Cl. The van der Waals surface area contributed by atoms with E-state index >= 15 is 0 Å². The van der Waals surface area contributed by atoms with Crippen LogP contribution in [0.5, 0.6) is 0 Å². The molecule has 1 aliphatic carbocycles. The van der Waals surface area contributed by atoms with Gasteiger partial charge in [0.1, 0.15) is 5.00 Å². The second-order valence-electron chi connectivity index (χ2n) is 6.96. The maximum atomic E-state index is 12.6. The summed E-state index contributed by atoms with van der Waals surface area (Å²) in [6.07, 6.45) is 3.88. The van der Waals surface area contributed by atoms with Gasteiger partial charge >= 0.3 is 0 Å². The Morgan fingerprint density at radius 2 is 2.03 bits per heavy atom. The molecule has 2 amide bonds. The molecule has 4 rings (SSSR count). The van der Waals surface area contributed by atoms with Crippen LogP contribution in [0.3, 0.4) is 0 Å². The number of nitrogens with one attached hydrogen (secondary N) is 1. The molecule has 7 nitrogen and oxygen atoms in total. The molecule has 2 aromatic heterocycles. The van der Waals surface area contributed by atoms with E-state index in [0.29, 0.717) is 26.6 Å². The molecule has 0 unspecified atom stereocenters. The van der Waals surface area contributed by atoms with Crippen molar-refractivity contribution in [1.29, 1.82) is 0 Å². The Balaban J connectivity index is 1.46. The molecule has 3 N–H and O–H groups in total. The highest BCUT2D eigenvalue weighted by Crippen LogP contribution is 2.38. The van der Waals surface area contributed by atoms with Crippen molar-refractivity contribution in [2.75, 3.05) is 11.1 Å². The molecule has 0 saturated heterocycles. The van der Waals surface area contributed by atoms with Crippen LogP contribution in [0.15, 0.2) is 29.4 Å². The van der Waals surface area contributed by atoms with Crippen molar-refractivity contribution in [2.24, 2.45) is 12.8 Å². The summed E-state index contributed by atoms with van der Waals surface area (Å²) in [7, 11) is 1.83. The van der Waals surface area contributed by atoms with Crippen LogP contribution in [0.2, 0.25) is 5.02 Å². The van der Waals surface area contributed by atoms with Crippen molar-refractivity contribution in [2.45, 2.75) is 30.8 Å². The number of primary amides is 1. The summed E-state index contributed by atoms with van der Waals surface area (Å²) in [5, 5.41) is 13.0. The lowest BCUT2D eigenvalue weighted by molar-refractivity contribution is -0.113. The van der Waals surface area contributed by atoms with Gasteiger partial charge in [-0.2, -0.15) is 0 Å². The number of thioether (sulfide) groups is 1. The maximum Gasteiger partial charge on any atom is 0.251 e. The fourth-order valence-electron chi connectivity index (χ4n) is 3.53. The molecule has 0 aliphatic heterocycles. The zero-order valence-electron chi connectivity index (χ0n) is 16.3. The molecule has 0 fully saturated rings. The quantitative estimate of drug-likeness (QED) is 0.542. The van der Waals surface area contributed by atoms with Gasteiger partial charge in [0.2, 0.25) is 5.91 Å². The highest BCUT2D eigenvalue weighted by atomic mass is 35.5. The molecule has 0 atom stereocenters. The lowest BCUT2D eigenvalue weighted by Crippen LogP contribution is -2.19. The Bertz CT molecular complexity index is 1120. The third-order valence-corrected chi connectivity index (χ3v) is 7.51. The van der Waals surface area contributed by atoms with E-state index in [2.05, 4.69) is 15.5 Å². The highest BCUT2D eigenvalue weighted by molar-refractivity contribution is 7.99. The van der Waals surface area contributed by atoms with Crippen molar-refractivity contribution in [3.05, 3.63) is 45.3 Å². The molecule has 30 heavy (non-hydrogen) atoms. The summed E-state index contributed by atoms with van der Waals surface area (Å²) >= 11 is 8.98. The number of nitrogens with two attached hydrogens (primary N) is 1. The first-order chi connectivity index (χ1) is 14.5. The Hall–Kier alpha value is -2.36. The number of carbonyl (C=O) groups is 2. The van der Waals surface area contributed by atoms with E-state index in [1.54, 1.807) is 10.6 Å². The topological polar surface area (TPSA) is 103 Å². The molecule has 3 aromatic rings. The van der Waals surface area contributed by atoms with Gasteiger partial charge < -0.3 is 15.6 Å². The number of amides is 2. The van der Waals surface area contributed by atoms with Crippen LogP contribution < -0.4 is 11.1 Å². The summed E-state index contributed by atoms with van der Waals surface area (Å²) < 4.78 is 1.80. The zero-order valence-corrected chi connectivity index (χ0v) is 18.7. The van der Waals surface area contributed by atoms with E-state index in [1.165, 1.54) is 23.1 Å². The summed E-state index contributed by atoms with van der Waals surface area (Å²) in [5.41, 5.74) is 7.84. The first-order valence-electron chi connectivity index (χ1n) is 9.47. The standard InChI is InChI=1S/C20H20ClN5O2S2/c1-26-18(11-6-2-4-8-13(11)21)24-25-20(26)29-10-15(27)23-19-16(17(22)28)12-7-3-5-9-14(12)30-19/h2,4,6,8H,3,5,7,9-10H2,1H3,(H2,22,28)(H,23,27). The third-order valence-electron chi connectivity index (χ3n) is 4.95. The molecule has 1 aliphatic rings. The fraction of sp³-hybridized carbons (Fsp3) is 0.300. The number of aryl methyl sites for hydroxylation is 1. The molecular formula is C20H20ClN5O2S2. The number of hydrogen-bond acceptors (Lipinski definition) is 6. The van der Waals surface area contributed by atoms with E-state index in [4.69, 9.17) is 17.3 Å². The number of thiophene rings is 1. The van der Waals surface area contributed by atoms with Crippen molar-refractivity contribution >= 4 is 51.5 Å². The minimum absolute atomic E-state index is 0.134. The number of halogens is 1. The number of carbonyl (C=O) groups excluding carboxylic acids is 2. The summed E-state index contributed by atoms with van der Waals surface area (Å²) in [6, 6.07) is 7.40. The van der Waals surface area contributed by atoms with Crippen LogP contribution in [-0.4, -0.2) is 32.3 Å². The van der Waals surface area contributed by atoms with Crippen LogP contribution in [0.1, 0.15) is 33.6 Å². The average Bonchev–Trinajstić information content (AvgIpc) is 3.26. The molecule has 2 heterocycles. The van der Waals surface area contributed by atoms with E-state index in [9.17, 15) is 9.59 Å². The molecular weight excluding hydrogens is 442 g/mol. The second kappa shape index (κ2) is 8.79. The van der Waals surface area contributed by atoms with E-state index < -0.39 is 5.91 Å². The third kappa shape index (κ3) is 4.10. The molecule has 10 heteroatoms. The van der Waals surface area contributed by atoms with Gasteiger partial charge in [0, 0.05) is 17.5 Å². The molecule has 1 aromatic carbocycles. The summed E-state index contributed by atoms with van der Waals surface area (Å²) in [6.45, 7) is 0. The van der Waals surface area contributed by atoms with Gasteiger partial charge in [-0.25, -0.2) is 0 Å². The summed E-state index contributed by atoms with van der Waals surface area (Å²) in [4.78, 5) is 25.7. The van der Waals surface area contributed by atoms with Gasteiger partial charge in [0.15, 0.2) is 11.0 Å². The normalized spacial score (nSPS) is 13.1. The predicted molar refractivity (Wildman–Crippen MR) is 120 cm³/mol. The zero-order chi connectivity index (χ0) is 21.3. The Kier molecular flexibility index (Phi) is 6.12. The number of benzene rings is 1. The number of hydrogen-bond donors (Lipinski definition) is 2. The van der Waals surface area contributed by atoms with Gasteiger partial charge in [-0.05, 0) is 43.4 Å². The molecule has 0 radical (unpaired) electrons. The number of anilines is 1. The number of fused-ring (bicyclic) bond motifs is 1. The lowest BCUT2D eigenvalue weighted by atomic mass is 9.95. The Labute approximate surface area is 187 Å². The maximum absolute atomic E-state index is 12.6. The number of rotatable bonds is 6. The lowest BCUT2D eigenvalue weighted by Gasteiger charge is -2.11. The first-order valence-corrected chi connectivity index (χ1v) is 11.6. The van der Waals surface area contributed by atoms with Crippen LogP contribution >= 0.6 is 34.7 Å². The molecule has 0 saturated carbocycles. The predicted octanol–water partition coefficient (Wildman–Crippen LogP) is 3.91. The van der Waals surface area contributed by atoms with Crippen LogP contribution in [0, 0.1) is 0 Å². The van der Waals surface area contributed by atoms with Crippen molar-refractivity contribution in [1.82, 2.24) is 14.8 Å². The average molecular weight is 462 g/mol. The molecule has 156 valence electrons. The Morgan fingerprint density at radius 1 is 1.27 bits per heavy atom. The number of aromatic nitrogens is 3. The van der Waals surface area contributed by atoms with Crippen molar-refractivity contribution < 1.29 is 9.59 Å². The van der Waals surface area contributed by atoms with Crippen LogP contribution in [0.4, 0.5) is 5.00 Å². The van der Waals surface area contributed by atoms with Crippen LogP contribution in [0.25, 0.3) is 11.4 Å². The smallest absolute Gasteiger partial charge is 0.251 e. The van der Waals surface area contributed by atoms with Gasteiger partial charge in [-0.15, -0.1) is 21.5 Å². The largest absolute Gasteiger partial charge is 0.365 e. The van der Waals surface area contributed by atoms with E-state index in [0.717, 1.165) is 41.7 Å². The first kappa shape index (κ1) is 20.9. The second-order valence-corrected chi connectivity index (χ2v) is 9.42. The number of nitrogens with zero attached hydrogens (tertiary/aromatic N) is 3. The van der Waals surface area contributed by atoms with Crippen molar-refractivity contribution in [3.63, 3.8) is 0 Å². The monoisotopic (exact) mass is 461 g/mol. The fourth-order valence-corrected chi connectivity index (χ4v) is 5.77. The van der Waals surface area contributed by atoms with Gasteiger partial charge in [-0.3, -0.25) is 9.59 Å². The molecule has 0 bridgehead atoms. The minimum atomic E-state index is -0.491. The van der Waals surface area contributed by atoms with E-state index in [-0.39, 0.29) is 11.7 Å². The van der Waals surface area contributed by atoms with Gasteiger partial charge in [0.05, 0.1) is 16.3 Å². The highest BCUT2D eigenvalue weighted by Gasteiger charge is 2.25. The van der Waals surface area contributed by atoms with Crippen molar-refractivity contribution in [3.8, 4) is 11.4 Å².